The van der Waals surface area contributed by atoms with Crippen LogP contribution in [0.5, 0.6) is 0 Å². The average molecular weight is 282 g/mol. The van der Waals surface area contributed by atoms with Gasteiger partial charge in [-0.3, -0.25) is 4.79 Å². The number of hydrogen-bond donors (Lipinski definition) is 2. The summed E-state index contributed by atoms with van der Waals surface area (Å²) in [5.41, 5.74) is 3.80. The van der Waals surface area contributed by atoms with Crippen molar-refractivity contribution in [1.29, 1.82) is 0 Å². The van der Waals surface area contributed by atoms with Crippen LogP contribution in [0.25, 0.3) is 0 Å². The van der Waals surface area contributed by atoms with Crippen molar-refractivity contribution in [1.82, 2.24) is 0 Å². The second kappa shape index (κ2) is 6.35. The van der Waals surface area contributed by atoms with E-state index in [0.717, 1.165) is 0 Å². The Labute approximate surface area is 105 Å². The largest absolute Gasteiger partial charge is 0.380 e. The Hall–Kier alpha value is -1.86. The fraction of sp³-hybridized carbons (Fsp3) is 0.364. The van der Waals surface area contributed by atoms with Crippen molar-refractivity contribution in [2.75, 3.05) is 11.9 Å². The fourth-order valence-electron chi connectivity index (χ4n) is 1.40. The van der Waals surface area contributed by atoms with Gasteiger partial charge >= 0.3 is 0 Å². The van der Waals surface area contributed by atoms with Crippen molar-refractivity contribution in [3.63, 3.8) is 0 Å². The van der Waals surface area contributed by atoms with E-state index >= 15 is 0 Å². The molecule has 8 heteroatoms. The molecule has 0 aromatic heterocycles. The molecule has 106 valence electrons. The molecule has 0 saturated carbocycles. The summed E-state index contributed by atoms with van der Waals surface area (Å²) in [5, 5.41) is 2.12. The maximum Gasteiger partial charge on any atom is 0.217 e. The van der Waals surface area contributed by atoms with E-state index in [1.165, 1.54) is 0 Å². The molecule has 0 unspecified atom stereocenters. The first-order valence-corrected chi connectivity index (χ1v) is 5.39. The van der Waals surface area contributed by atoms with E-state index in [0.29, 0.717) is 12.8 Å². The van der Waals surface area contributed by atoms with E-state index in [2.05, 4.69) is 5.32 Å². The van der Waals surface area contributed by atoms with Gasteiger partial charge in [0.15, 0.2) is 23.3 Å². The van der Waals surface area contributed by atoms with Gasteiger partial charge in [0.05, 0.1) is 0 Å². The van der Waals surface area contributed by atoms with Crippen LogP contribution in [0.1, 0.15) is 19.3 Å². The molecule has 0 bridgehead atoms. The SMILES string of the molecule is NC(=O)CCCCNc1c(F)c(F)c(F)c(F)c1F. The van der Waals surface area contributed by atoms with Gasteiger partial charge in [-0.1, -0.05) is 0 Å². The van der Waals surface area contributed by atoms with Crippen LogP contribution in [0.15, 0.2) is 0 Å². The van der Waals surface area contributed by atoms with E-state index < -0.39 is 40.7 Å². The van der Waals surface area contributed by atoms with Crippen LogP contribution in [0.2, 0.25) is 0 Å². The molecule has 0 aliphatic carbocycles. The molecule has 0 atom stereocenters. The fourth-order valence-corrected chi connectivity index (χ4v) is 1.40. The molecular formula is C11H11F5N2O. The molecule has 0 aliphatic rings. The van der Waals surface area contributed by atoms with E-state index in [9.17, 15) is 26.7 Å². The number of carbonyl (C=O) groups is 1. The number of unbranched alkanes of at least 4 members (excludes halogenated alkanes) is 1. The number of halogens is 5. The minimum Gasteiger partial charge on any atom is -0.380 e. The highest BCUT2D eigenvalue weighted by Crippen LogP contribution is 2.26. The third kappa shape index (κ3) is 3.55. The first-order valence-electron chi connectivity index (χ1n) is 5.39. The summed E-state index contributed by atoms with van der Waals surface area (Å²) in [7, 11) is 0. The quantitative estimate of drug-likeness (QED) is 0.364. The number of nitrogens with one attached hydrogen (secondary N) is 1. The maximum atomic E-state index is 13.2. The van der Waals surface area contributed by atoms with Crippen molar-refractivity contribution in [3.8, 4) is 0 Å². The summed E-state index contributed by atoms with van der Waals surface area (Å²) in [6.45, 7) is -0.0500. The standard InChI is InChI=1S/C11H11F5N2O/c12-6-7(13)9(15)11(10(16)8(6)14)18-4-2-1-3-5(17)19/h18H,1-4H2,(H2,17,19). The highest BCUT2D eigenvalue weighted by Gasteiger charge is 2.25. The second-order valence-corrected chi connectivity index (χ2v) is 3.80. The number of anilines is 1. The molecule has 19 heavy (non-hydrogen) atoms. The normalized spacial score (nSPS) is 10.6. The van der Waals surface area contributed by atoms with Crippen LogP contribution in [0.3, 0.4) is 0 Å². The van der Waals surface area contributed by atoms with E-state index in [1.807, 2.05) is 0 Å². The third-order valence-corrected chi connectivity index (χ3v) is 2.36. The smallest absolute Gasteiger partial charge is 0.217 e. The number of rotatable bonds is 6. The van der Waals surface area contributed by atoms with Gasteiger partial charge in [0, 0.05) is 13.0 Å². The molecule has 3 N–H and O–H groups in total. The molecule has 1 aromatic carbocycles. The topological polar surface area (TPSA) is 55.1 Å². The summed E-state index contributed by atoms with van der Waals surface area (Å²) < 4.78 is 64.7. The molecule has 0 saturated heterocycles. The lowest BCUT2D eigenvalue weighted by Gasteiger charge is -2.10. The van der Waals surface area contributed by atoms with Crippen molar-refractivity contribution in [2.24, 2.45) is 5.73 Å². The van der Waals surface area contributed by atoms with Crippen LogP contribution in [0.4, 0.5) is 27.6 Å². The summed E-state index contributed by atoms with van der Waals surface area (Å²) in [5.74, 6) is -10.6. The zero-order chi connectivity index (χ0) is 14.6. The molecule has 0 heterocycles. The predicted octanol–water partition coefficient (Wildman–Crippen LogP) is 2.45. The monoisotopic (exact) mass is 282 g/mol. The molecule has 3 nitrogen and oxygen atoms in total. The van der Waals surface area contributed by atoms with Gasteiger partial charge in [0.1, 0.15) is 5.69 Å². The second-order valence-electron chi connectivity index (χ2n) is 3.80. The number of nitrogens with two attached hydrogens (primary N) is 1. The van der Waals surface area contributed by atoms with Crippen LogP contribution >= 0.6 is 0 Å². The Bertz CT molecular complexity index is 463. The van der Waals surface area contributed by atoms with Crippen molar-refractivity contribution < 1.29 is 26.7 Å². The van der Waals surface area contributed by atoms with Gasteiger partial charge in [-0.2, -0.15) is 0 Å². The lowest BCUT2D eigenvalue weighted by molar-refractivity contribution is -0.118. The summed E-state index contributed by atoms with van der Waals surface area (Å²) in [4.78, 5) is 10.4. The van der Waals surface area contributed by atoms with Crippen LogP contribution < -0.4 is 11.1 Å². The van der Waals surface area contributed by atoms with E-state index in [4.69, 9.17) is 5.73 Å². The van der Waals surface area contributed by atoms with E-state index in [-0.39, 0.29) is 13.0 Å². The number of carbonyl (C=O) groups excluding carboxylic acids is 1. The lowest BCUT2D eigenvalue weighted by atomic mass is 10.2. The van der Waals surface area contributed by atoms with Crippen LogP contribution in [0, 0.1) is 29.1 Å². The molecule has 1 aromatic rings. The number of amides is 1. The minimum atomic E-state index is -2.20. The van der Waals surface area contributed by atoms with Crippen molar-refractivity contribution >= 4 is 11.6 Å². The highest BCUT2D eigenvalue weighted by atomic mass is 19.2. The van der Waals surface area contributed by atoms with Gasteiger partial charge in [0.2, 0.25) is 11.7 Å². The van der Waals surface area contributed by atoms with Crippen molar-refractivity contribution in [2.45, 2.75) is 19.3 Å². The maximum absolute atomic E-state index is 13.2. The molecule has 0 spiro atoms. The average Bonchev–Trinajstić information content (AvgIpc) is 2.37. The zero-order valence-corrected chi connectivity index (χ0v) is 9.70. The predicted molar refractivity (Wildman–Crippen MR) is 57.8 cm³/mol. The minimum absolute atomic E-state index is 0.0500. The highest BCUT2D eigenvalue weighted by molar-refractivity contribution is 5.73. The molecule has 0 fully saturated rings. The van der Waals surface area contributed by atoms with Gasteiger partial charge in [0.25, 0.3) is 0 Å². The van der Waals surface area contributed by atoms with Gasteiger partial charge in [-0.15, -0.1) is 0 Å². The number of primary amides is 1. The van der Waals surface area contributed by atoms with Gasteiger partial charge in [-0.25, -0.2) is 22.0 Å². The molecular weight excluding hydrogens is 271 g/mol. The Morgan fingerprint density at radius 3 is 1.84 bits per heavy atom. The first-order chi connectivity index (χ1) is 8.86. The summed E-state index contributed by atoms with van der Waals surface area (Å²) in [6.07, 6.45) is 0.721. The van der Waals surface area contributed by atoms with Gasteiger partial charge in [-0.05, 0) is 12.8 Å². The van der Waals surface area contributed by atoms with E-state index in [1.54, 1.807) is 0 Å². The molecule has 1 rings (SSSR count). The third-order valence-electron chi connectivity index (χ3n) is 2.36. The van der Waals surface area contributed by atoms with Gasteiger partial charge < -0.3 is 11.1 Å². The Kier molecular flexibility index (Phi) is 5.08. The number of benzene rings is 1. The van der Waals surface area contributed by atoms with Crippen LogP contribution in [-0.4, -0.2) is 12.5 Å². The summed E-state index contributed by atoms with van der Waals surface area (Å²) in [6, 6.07) is 0. The number of hydrogen-bond acceptors (Lipinski definition) is 2. The Balaban J connectivity index is 2.71. The molecule has 1 amide bonds. The Morgan fingerprint density at radius 2 is 1.37 bits per heavy atom. The zero-order valence-electron chi connectivity index (χ0n) is 9.70. The van der Waals surface area contributed by atoms with Crippen LogP contribution in [-0.2, 0) is 4.79 Å². The lowest BCUT2D eigenvalue weighted by Crippen LogP contribution is -2.13. The van der Waals surface area contributed by atoms with Crippen molar-refractivity contribution in [3.05, 3.63) is 29.1 Å². The Morgan fingerprint density at radius 1 is 0.895 bits per heavy atom. The summed E-state index contributed by atoms with van der Waals surface area (Å²) >= 11 is 0. The first kappa shape index (κ1) is 15.2. The molecule has 0 aliphatic heterocycles. The molecule has 0 radical (unpaired) electrons.